The van der Waals surface area contributed by atoms with E-state index in [4.69, 9.17) is 0 Å². The van der Waals surface area contributed by atoms with Gasteiger partial charge in [0.1, 0.15) is 0 Å². The van der Waals surface area contributed by atoms with Gasteiger partial charge in [0.2, 0.25) is 15.9 Å². The Morgan fingerprint density at radius 3 is 2.48 bits per heavy atom. The monoisotopic (exact) mass is 393 g/mol. The van der Waals surface area contributed by atoms with E-state index in [1.54, 1.807) is 17.3 Å². The molecule has 1 aromatic rings. The average molecular weight is 394 g/mol. The molecule has 0 saturated carbocycles. The Morgan fingerprint density at radius 2 is 1.85 bits per heavy atom. The van der Waals surface area contributed by atoms with E-state index in [1.807, 2.05) is 24.0 Å². The number of amides is 1. The summed E-state index contributed by atoms with van der Waals surface area (Å²) in [5.74, 6) is 0.0793. The maximum Gasteiger partial charge on any atom is 0.243 e. The number of nitrogens with zero attached hydrogens (tertiary/aromatic N) is 2. The zero-order chi connectivity index (χ0) is 19.4. The molecule has 2 aliphatic rings. The number of hydrogen-bond acceptors (Lipinski definition) is 4. The third-order valence-electron chi connectivity index (χ3n) is 5.69. The van der Waals surface area contributed by atoms with Gasteiger partial charge in [-0.2, -0.15) is 4.31 Å². The summed E-state index contributed by atoms with van der Waals surface area (Å²) in [5.41, 5.74) is 2.21. The molecule has 0 aliphatic carbocycles. The maximum absolute atomic E-state index is 13.4. The lowest BCUT2D eigenvalue weighted by Crippen LogP contribution is -2.46. The lowest BCUT2D eigenvalue weighted by Gasteiger charge is -2.33. The summed E-state index contributed by atoms with van der Waals surface area (Å²) in [7, 11) is -3.51. The predicted molar refractivity (Wildman–Crippen MR) is 106 cm³/mol. The SMILES string of the molecule is CCCN(C1CCNCC1)S(=O)(=O)c1ccc2c(c1)CCN(C(C)=O)CC2. The van der Waals surface area contributed by atoms with Gasteiger partial charge in [-0.15, -0.1) is 0 Å². The maximum atomic E-state index is 13.4. The first-order chi connectivity index (χ1) is 12.9. The summed E-state index contributed by atoms with van der Waals surface area (Å²) in [6.45, 7) is 7.26. The highest BCUT2D eigenvalue weighted by Gasteiger charge is 2.32. The summed E-state index contributed by atoms with van der Waals surface area (Å²) >= 11 is 0. The van der Waals surface area contributed by atoms with Crippen molar-refractivity contribution in [3.8, 4) is 0 Å². The van der Waals surface area contributed by atoms with Crippen molar-refractivity contribution in [1.82, 2.24) is 14.5 Å². The van der Waals surface area contributed by atoms with Gasteiger partial charge in [0.05, 0.1) is 4.90 Å². The van der Waals surface area contributed by atoms with Crippen LogP contribution in [0.25, 0.3) is 0 Å². The highest BCUT2D eigenvalue weighted by atomic mass is 32.2. The molecule has 0 unspecified atom stereocenters. The lowest BCUT2D eigenvalue weighted by atomic mass is 10.0. The minimum Gasteiger partial charge on any atom is -0.342 e. The summed E-state index contributed by atoms with van der Waals surface area (Å²) in [5, 5.41) is 3.31. The van der Waals surface area contributed by atoms with Crippen LogP contribution < -0.4 is 5.32 Å². The van der Waals surface area contributed by atoms with Crippen LogP contribution in [0.15, 0.2) is 23.1 Å². The number of carbonyl (C=O) groups excluding carboxylic acids is 1. The Kier molecular flexibility index (Phi) is 6.55. The van der Waals surface area contributed by atoms with Crippen molar-refractivity contribution in [2.45, 2.75) is 56.9 Å². The molecule has 1 aromatic carbocycles. The summed E-state index contributed by atoms with van der Waals surface area (Å²) in [6.07, 6.45) is 4.01. The Balaban J connectivity index is 1.87. The molecular weight excluding hydrogens is 362 g/mol. The third-order valence-corrected chi connectivity index (χ3v) is 7.64. The quantitative estimate of drug-likeness (QED) is 0.828. The van der Waals surface area contributed by atoms with Crippen LogP contribution in [0.4, 0.5) is 0 Å². The third kappa shape index (κ3) is 4.52. The molecule has 7 heteroatoms. The molecule has 0 bridgehead atoms. The Labute approximate surface area is 163 Å². The molecule has 0 aromatic heterocycles. The van der Waals surface area contributed by atoms with E-state index >= 15 is 0 Å². The average Bonchev–Trinajstić information content (AvgIpc) is 2.88. The van der Waals surface area contributed by atoms with Crippen molar-refractivity contribution in [2.75, 3.05) is 32.7 Å². The first kappa shape index (κ1) is 20.3. The molecule has 0 spiro atoms. The molecule has 0 atom stereocenters. The fourth-order valence-corrected chi connectivity index (χ4v) is 5.95. The van der Waals surface area contributed by atoms with Gasteiger partial charge in [0.15, 0.2) is 0 Å². The normalized spacial score (nSPS) is 19.0. The Hall–Kier alpha value is -1.44. The van der Waals surface area contributed by atoms with Gasteiger partial charge in [0, 0.05) is 32.6 Å². The molecule has 0 radical (unpaired) electrons. The van der Waals surface area contributed by atoms with E-state index in [0.29, 0.717) is 31.0 Å². The number of hydrogen-bond donors (Lipinski definition) is 1. The Bertz CT molecular complexity index is 773. The smallest absolute Gasteiger partial charge is 0.243 e. The van der Waals surface area contributed by atoms with Crippen molar-refractivity contribution in [3.05, 3.63) is 29.3 Å². The van der Waals surface area contributed by atoms with Crippen molar-refractivity contribution in [3.63, 3.8) is 0 Å². The molecule has 150 valence electrons. The summed E-state index contributed by atoms with van der Waals surface area (Å²) in [6, 6.07) is 5.61. The van der Waals surface area contributed by atoms with Crippen LogP contribution in [-0.4, -0.2) is 62.3 Å². The van der Waals surface area contributed by atoms with Crippen LogP contribution in [0.5, 0.6) is 0 Å². The van der Waals surface area contributed by atoms with E-state index in [-0.39, 0.29) is 11.9 Å². The molecule has 2 aliphatic heterocycles. The van der Waals surface area contributed by atoms with Crippen molar-refractivity contribution < 1.29 is 13.2 Å². The predicted octanol–water partition coefficient (Wildman–Crippen LogP) is 1.79. The largest absolute Gasteiger partial charge is 0.342 e. The Morgan fingerprint density at radius 1 is 1.19 bits per heavy atom. The van der Waals surface area contributed by atoms with Crippen LogP contribution in [0.2, 0.25) is 0 Å². The van der Waals surface area contributed by atoms with Gasteiger partial charge in [-0.25, -0.2) is 8.42 Å². The molecule has 1 saturated heterocycles. The zero-order valence-electron chi connectivity index (χ0n) is 16.4. The molecule has 6 nitrogen and oxygen atoms in total. The highest BCUT2D eigenvalue weighted by molar-refractivity contribution is 7.89. The van der Waals surface area contributed by atoms with E-state index < -0.39 is 10.0 Å². The number of carbonyl (C=O) groups is 1. The molecular formula is C20H31N3O3S. The zero-order valence-corrected chi connectivity index (χ0v) is 17.2. The minimum absolute atomic E-state index is 0.0724. The van der Waals surface area contributed by atoms with Gasteiger partial charge < -0.3 is 10.2 Å². The number of sulfonamides is 1. The van der Waals surface area contributed by atoms with E-state index in [2.05, 4.69) is 5.32 Å². The van der Waals surface area contributed by atoms with Crippen LogP contribution in [0.3, 0.4) is 0 Å². The molecule has 27 heavy (non-hydrogen) atoms. The standard InChI is InChI=1S/C20H31N3O3S/c1-3-12-23(19-6-10-21-11-7-19)27(25,26)20-5-4-17-8-13-22(16(2)24)14-9-18(17)15-20/h4-5,15,19,21H,3,6-14H2,1-2H3. The van der Waals surface area contributed by atoms with Crippen LogP contribution in [0.1, 0.15) is 44.2 Å². The number of piperidine rings is 1. The number of fused-ring (bicyclic) bond motifs is 1. The molecule has 1 fully saturated rings. The van der Waals surface area contributed by atoms with Gasteiger partial charge >= 0.3 is 0 Å². The molecule has 3 rings (SSSR count). The first-order valence-corrected chi connectivity index (χ1v) is 11.5. The van der Waals surface area contributed by atoms with Gasteiger partial charge in [-0.3, -0.25) is 4.79 Å². The number of nitrogens with one attached hydrogen (secondary N) is 1. The molecule has 1 N–H and O–H groups in total. The van der Waals surface area contributed by atoms with E-state index in [0.717, 1.165) is 49.9 Å². The fourth-order valence-electron chi connectivity index (χ4n) is 4.13. The summed E-state index contributed by atoms with van der Waals surface area (Å²) < 4.78 is 28.5. The second kappa shape index (κ2) is 8.71. The van der Waals surface area contributed by atoms with Gasteiger partial charge in [-0.05, 0) is 68.5 Å². The van der Waals surface area contributed by atoms with E-state index in [1.165, 1.54) is 0 Å². The summed E-state index contributed by atoms with van der Waals surface area (Å²) in [4.78, 5) is 13.9. The number of rotatable bonds is 5. The fraction of sp³-hybridized carbons (Fsp3) is 0.650. The van der Waals surface area contributed by atoms with Crippen molar-refractivity contribution in [2.24, 2.45) is 0 Å². The van der Waals surface area contributed by atoms with Crippen LogP contribution in [0, 0.1) is 0 Å². The molecule has 2 heterocycles. The first-order valence-electron chi connectivity index (χ1n) is 10.0. The molecule has 1 amide bonds. The second-order valence-electron chi connectivity index (χ2n) is 7.53. The minimum atomic E-state index is -3.51. The van der Waals surface area contributed by atoms with E-state index in [9.17, 15) is 13.2 Å². The van der Waals surface area contributed by atoms with Crippen molar-refractivity contribution in [1.29, 1.82) is 0 Å². The topological polar surface area (TPSA) is 69.7 Å². The number of benzene rings is 1. The highest BCUT2D eigenvalue weighted by Crippen LogP contribution is 2.26. The van der Waals surface area contributed by atoms with Crippen LogP contribution >= 0.6 is 0 Å². The van der Waals surface area contributed by atoms with Gasteiger partial charge in [0.25, 0.3) is 0 Å². The lowest BCUT2D eigenvalue weighted by molar-refractivity contribution is -0.128. The second-order valence-corrected chi connectivity index (χ2v) is 9.42. The van der Waals surface area contributed by atoms with Crippen LogP contribution in [-0.2, 0) is 27.7 Å². The van der Waals surface area contributed by atoms with Crippen molar-refractivity contribution >= 4 is 15.9 Å². The van der Waals surface area contributed by atoms with Gasteiger partial charge in [-0.1, -0.05) is 13.0 Å².